The molecular weight excluding hydrogens is 316 g/mol. The third kappa shape index (κ3) is 4.55. The lowest BCUT2D eigenvalue weighted by atomic mass is 10.2. The van der Waals surface area contributed by atoms with Crippen LogP contribution in [0.5, 0.6) is 11.5 Å². The molecule has 1 aromatic carbocycles. The molecule has 2 rings (SSSR count). The first-order valence-electron chi connectivity index (χ1n) is 6.63. The summed E-state index contributed by atoms with van der Waals surface area (Å²) in [4.78, 5) is 15.7. The largest absolute Gasteiger partial charge is 0.497 e. The van der Waals surface area contributed by atoms with Gasteiger partial charge in [0.15, 0.2) is 5.11 Å². The zero-order valence-electron chi connectivity index (χ0n) is 12.6. The molecule has 0 saturated carbocycles. The molecule has 0 aliphatic carbocycles. The lowest BCUT2D eigenvalue weighted by molar-refractivity contribution is 0.0944. The van der Waals surface area contributed by atoms with Gasteiger partial charge in [0.25, 0.3) is 5.91 Å². The Morgan fingerprint density at radius 3 is 2.48 bits per heavy atom. The third-order valence-electron chi connectivity index (χ3n) is 2.89. The summed E-state index contributed by atoms with van der Waals surface area (Å²) in [6.07, 6.45) is 3.07. The normalized spacial score (nSPS) is 9.65. The van der Waals surface area contributed by atoms with Crippen LogP contribution in [0.3, 0.4) is 0 Å². The van der Waals surface area contributed by atoms with E-state index in [1.165, 1.54) is 12.4 Å². The number of amides is 1. The Kier molecular flexibility index (Phi) is 5.70. The number of anilines is 1. The fourth-order valence-corrected chi connectivity index (χ4v) is 1.92. The van der Waals surface area contributed by atoms with Gasteiger partial charge in [0, 0.05) is 24.0 Å². The maximum atomic E-state index is 11.9. The van der Waals surface area contributed by atoms with Gasteiger partial charge in [0.1, 0.15) is 11.5 Å². The van der Waals surface area contributed by atoms with Gasteiger partial charge < -0.3 is 14.8 Å². The number of nitrogens with one attached hydrogen (secondary N) is 3. The zero-order valence-corrected chi connectivity index (χ0v) is 13.4. The van der Waals surface area contributed by atoms with Gasteiger partial charge in [-0.2, -0.15) is 0 Å². The molecule has 0 radical (unpaired) electrons. The van der Waals surface area contributed by atoms with Crippen molar-refractivity contribution in [2.45, 2.75) is 0 Å². The van der Waals surface area contributed by atoms with E-state index in [0.29, 0.717) is 22.7 Å². The van der Waals surface area contributed by atoms with Crippen LogP contribution in [0.15, 0.2) is 42.7 Å². The molecule has 8 heteroatoms. The minimum absolute atomic E-state index is 0.207. The van der Waals surface area contributed by atoms with Crippen molar-refractivity contribution in [1.29, 1.82) is 0 Å². The Bertz CT molecular complexity index is 694. The first-order valence-corrected chi connectivity index (χ1v) is 7.04. The molecule has 0 fully saturated rings. The number of methoxy groups -OCH3 is 2. The van der Waals surface area contributed by atoms with Crippen molar-refractivity contribution in [2.75, 3.05) is 19.5 Å². The first kappa shape index (κ1) is 16.5. The molecule has 0 saturated heterocycles. The summed E-state index contributed by atoms with van der Waals surface area (Å²) in [5, 5.41) is 3.14. The second kappa shape index (κ2) is 7.95. The fraction of sp³-hybridized carbons (Fsp3) is 0.133. The molecule has 0 aliphatic rings. The molecule has 23 heavy (non-hydrogen) atoms. The second-order valence-electron chi connectivity index (χ2n) is 4.34. The van der Waals surface area contributed by atoms with E-state index in [9.17, 15) is 4.79 Å². The molecule has 0 spiro atoms. The maximum absolute atomic E-state index is 11.9. The van der Waals surface area contributed by atoms with Crippen LogP contribution in [0.2, 0.25) is 0 Å². The van der Waals surface area contributed by atoms with Gasteiger partial charge in [-0.05, 0) is 36.5 Å². The molecule has 120 valence electrons. The van der Waals surface area contributed by atoms with E-state index < -0.39 is 0 Å². The average Bonchev–Trinajstić information content (AvgIpc) is 2.60. The molecule has 2 aromatic rings. The van der Waals surface area contributed by atoms with E-state index in [-0.39, 0.29) is 11.0 Å². The predicted molar refractivity (Wildman–Crippen MR) is 90.6 cm³/mol. The van der Waals surface area contributed by atoms with E-state index in [1.54, 1.807) is 44.6 Å². The number of hydrazine groups is 1. The van der Waals surface area contributed by atoms with Crippen LogP contribution in [-0.4, -0.2) is 30.2 Å². The third-order valence-corrected chi connectivity index (χ3v) is 3.09. The monoisotopic (exact) mass is 332 g/mol. The smallest absolute Gasteiger partial charge is 0.269 e. The van der Waals surface area contributed by atoms with Gasteiger partial charge in [-0.15, -0.1) is 0 Å². The number of benzene rings is 1. The van der Waals surface area contributed by atoms with Crippen molar-refractivity contribution < 1.29 is 14.3 Å². The molecular formula is C15H16N4O3S. The quantitative estimate of drug-likeness (QED) is 0.581. The summed E-state index contributed by atoms with van der Waals surface area (Å²) in [5.74, 6) is 0.918. The van der Waals surface area contributed by atoms with Crippen molar-refractivity contribution in [3.63, 3.8) is 0 Å². The summed E-state index contributed by atoms with van der Waals surface area (Å²) < 4.78 is 10.4. The number of carbonyl (C=O) groups is 1. The molecule has 0 atom stereocenters. The number of nitrogens with zero attached hydrogens (tertiary/aromatic N) is 1. The van der Waals surface area contributed by atoms with Crippen molar-refractivity contribution >= 4 is 28.9 Å². The van der Waals surface area contributed by atoms with Gasteiger partial charge in [0.2, 0.25) is 0 Å². The molecule has 0 unspecified atom stereocenters. The van der Waals surface area contributed by atoms with Gasteiger partial charge in [-0.1, -0.05) is 0 Å². The molecule has 1 aromatic heterocycles. The van der Waals surface area contributed by atoms with Crippen LogP contribution in [0.4, 0.5) is 5.69 Å². The Balaban J connectivity index is 1.96. The number of hydrogen-bond donors (Lipinski definition) is 3. The Labute approximate surface area is 139 Å². The summed E-state index contributed by atoms with van der Waals surface area (Å²) >= 11 is 5.15. The van der Waals surface area contributed by atoms with Gasteiger partial charge >= 0.3 is 0 Å². The predicted octanol–water partition coefficient (Wildman–Crippen LogP) is 1.73. The van der Waals surface area contributed by atoms with Crippen LogP contribution in [0.25, 0.3) is 0 Å². The Morgan fingerprint density at radius 2 is 1.83 bits per heavy atom. The summed E-state index contributed by atoms with van der Waals surface area (Å²) in [6.45, 7) is 0. The number of carbonyl (C=O) groups excluding carboxylic acids is 1. The highest BCUT2D eigenvalue weighted by Crippen LogP contribution is 2.28. The SMILES string of the molecule is COc1ccc(OC)c(NC(=S)NNC(=O)c2ccncc2)c1. The number of aromatic nitrogens is 1. The van der Waals surface area contributed by atoms with Crippen molar-refractivity contribution in [1.82, 2.24) is 15.8 Å². The van der Waals surface area contributed by atoms with Crippen LogP contribution >= 0.6 is 12.2 Å². The summed E-state index contributed by atoms with van der Waals surface area (Å²) in [6, 6.07) is 8.44. The average molecular weight is 332 g/mol. The Morgan fingerprint density at radius 1 is 1.09 bits per heavy atom. The number of thiocarbonyl (C=S) groups is 1. The van der Waals surface area contributed by atoms with Crippen LogP contribution in [-0.2, 0) is 0 Å². The zero-order chi connectivity index (χ0) is 16.7. The molecule has 7 nitrogen and oxygen atoms in total. The minimum Gasteiger partial charge on any atom is -0.497 e. The van der Waals surface area contributed by atoms with E-state index in [2.05, 4.69) is 21.2 Å². The molecule has 1 heterocycles. The number of pyridine rings is 1. The highest BCUT2D eigenvalue weighted by Gasteiger charge is 2.08. The van der Waals surface area contributed by atoms with Gasteiger partial charge in [-0.3, -0.25) is 20.6 Å². The van der Waals surface area contributed by atoms with Crippen LogP contribution in [0.1, 0.15) is 10.4 Å². The minimum atomic E-state index is -0.325. The van der Waals surface area contributed by atoms with Crippen LogP contribution < -0.4 is 25.6 Å². The summed E-state index contributed by atoms with van der Waals surface area (Å²) in [5.41, 5.74) is 6.20. The van der Waals surface area contributed by atoms with E-state index in [0.717, 1.165) is 0 Å². The highest BCUT2D eigenvalue weighted by molar-refractivity contribution is 7.80. The second-order valence-corrected chi connectivity index (χ2v) is 4.74. The van der Waals surface area contributed by atoms with Crippen molar-refractivity contribution in [3.8, 4) is 11.5 Å². The molecule has 3 N–H and O–H groups in total. The number of rotatable bonds is 4. The van der Waals surface area contributed by atoms with Crippen molar-refractivity contribution in [3.05, 3.63) is 48.3 Å². The summed E-state index contributed by atoms with van der Waals surface area (Å²) in [7, 11) is 3.12. The highest BCUT2D eigenvalue weighted by atomic mass is 32.1. The first-order chi connectivity index (χ1) is 11.1. The van der Waals surface area contributed by atoms with Gasteiger partial charge in [-0.25, -0.2) is 0 Å². The van der Waals surface area contributed by atoms with E-state index >= 15 is 0 Å². The van der Waals surface area contributed by atoms with E-state index in [1.807, 2.05) is 0 Å². The molecule has 0 bridgehead atoms. The molecule has 1 amide bonds. The van der Waals surface area contributed by atoms with Gasteiger partial charge in [0.05, 0.1) is 19.9 Å². The van der Waals surface area contributed by atoms with Crippen molar-refractivity contribution in [2.24, 2.45) is 0 Å². The van der Waals surface area contributed by atoms with E-state index in [4.69, 9.17) is 21.7 Å². The topological polar surface area (TPSA) is 84.5 Å². The van der Waals surface area contributed by atoms with Crippen LogP contribution in [0, 0.1) is 0 Å². The maximum Gasteiger partial charge on any atom is 0.269 e. The number of ether oxygens (including phenoxy) is 2. The Hall–Kier alpha value is -2.87. The lowest BCUT2D eigenvalue weighted by Crippen LogP contribution is -2.43. The molecule has 0 aliphatic heterocycles. The fourth-order valence-electron chi connectivity index (χ4n) is 1.75. The lowest BCUT2D eigenvalue weighted by Gasteiger charge is -2.14. The number of hydrogen-bond acceptors (Lipinski definition) is 5. The standard InChI is InChI=1S/C15H16N4O3S/c1-21-11-3-4-13(22-2)12(9-11)17-15(23)19-18-14(20)10-5-7-16-8-6-10/h3-9H,1-2H3,(H,18,20)(H2,17,19,23).